The molecule has 0 saturated heterocycles. The molecule has 0 heterocycles. The average Bonchev–Trinajstić information content (AvgIpc) is 3.09. The Balaban J connectivity index is 1.36. The standard InChI is InChI=1S/C35H37ClN2O8/c1-24(38-46-20-19-37-35(39)45-23-27-9-15-30(42-4)16-10-27)31-17-18-32(43-21-25-5-11-28(40-2)12-6-25)34(33(31)36)44-22-26-7-13-29(41-3)14-8-26/h5-18H,19-23H2,1-4H3,(H,37,39)/b38-24-. The van der Waals surface area contributed by atoms with E-state index in [0.717, 1.165) is 33.9 Å². The van der Waals surface area contributed by atoms with E-state index in [1.807, 2.05) is 60.7 Å². The lowest BCUT2D eigenvalue weighted by atomic mass is 10.1. The molecule has 242 valence electrons. The Bertz CT molecular complexity index is 1580. The summed E-state index contributed by atoms with van der Waals surface area (Å²) in [5, 5.41) is 7.14. The first kappa shape index (κ1) is 33.8. The van der Waals surface area contributed by atoms with Gasteiger partial charge in [-0.05, 0) is 72.1 Å². The van der Waals surface area contributed by atoms with E-state index in [0.29, 0.717) is 34.4 Å². The highest BCUT2D eigenvalue weighted by Gasteiger charge is 2.18. The second kappa shape index (κ2) is 17.4. The van der Waals surface area contributed by atoms with E-state index >= 15 is 0 Å². The number of amides is 1. The molecule has 0 aromatic heterocycles. The Labute approximate surface area is 273 Å². The van der Waals surface area contributed by atoms with Gasteiger partial charge in [0.15, 0.2) is 11.5 Å². The van der Waals surface area contributed by atoms with Gasteiger partial charge in [-0.1, -0.05) is 53.2 Å². The minimum absolute atomic E-state index is 0.122. The number of alkyl carbamates (subject to hydrolysis) is 1. The van der Waals surface area contributed by atoms with Gasteiger partial charge >= 0.3 is 6.09 Å². The van der Waals surface area contributed by atoms with Crippen molar-refractivity contribution in [2.45, 2.75) is 26.7 Å². The number of nitrogens with one attached hydrogen (secondary N) is 1. The lowest BCUT2D eigenvalue weighted by molar-refractivity contribution is 0.123. The number of nitrogens with zero attached hydrogens (tertiary/aromatic N) is 1. The number of rotatable bonds is 16. The van der Waals surface area contributed by atoms with Crippen LogP contribution in [0.5, 0.6) is 28.7 Å². The number of benzene rings is 4. The second-order valence-corrected chi connectivity index (χ2v) is 10.3. The minimum Gasteiger partial charge on any atom is -0.497 e. The maximum absolute atomic E-state index is 12.0. The predicted molar refractivity (Wildman–Crippen MR) is 175 cm³/mol. The highest BCUT2D eigenvalue weighted by atomic mass is 35.5. The topological polar surface area (TPSA) is 106 Å². The Morgan fingerprint density at radius 3 is 1.72 bits per heavy atom. The summed E-state index contributed by atoms with van der Waals surface area (Å²) in [6, 6.07) is 26.0. The van der Waals surface area contributed by atoms with E-state index in [-0.39, 0.29) is 26.4 Å². The second-order valence-electron chi connectivity index (χ2n) is 9.89. The molecular formula is C35H37ClN2O8. The zero-order chi connectivity index (χ0) is 32.7. The number of halogens is 1. The van der Waals surface area contributed by atoms with Gasteiger partial charge in [-0.15, -0.1) is 0 Å². The Morgan fingerprint density at radius 1 is 0.696 bits per heavy atom. The number of carbonyl (C=O) groups excluding carboxylic acids is 1. The number of hydrogen-bond donors (Lipinski definition) is 1. The van der Waals surface area contributed by atoms with Crippen molar-refractivity contribution in [1.82, 2.24) is 5.32 Å². The van der Waals surface area contributed by atoms with E-state index in [2.05, 4.69) is 10.5 Å². The number of oxime groups is 1. The minimum atomic E-state index is -0.563. The molecule has 4 aromatic carbocycles. The zero-order valence-electron chi connectivity index (χ0n) is 26.2. The maximum Gasteiger partial charge on any atom is 0.407 e. The van der Waals surface area contributed by atoms with Gasteiger partial charge in [0.1, 0.15) is 43.7 Å². The molecular weight excluding hydrogens is 612 g/mol. The fraction of sp³-hybridized carbons (Fsp3) is 0.257. The summed E-state index contributed by atoms with van der Waals surface area (Å²) in [6.07, 6.45) is -0.563. The molecule has 4 rings (SSSR count). The monoisotopic (exact) mass is 648 g/mol. The molecule has 46 heavy (non-hydrogen) atoms. The fourth-order valence-corrected chi connectivity index (χ4v) is 4.49. The van der Waals surface area contributed by atoms with Gasteiger partial charge in [-0.2, -0.15) is 0 Å². The van der Waals surface area contributed by atoms with Crippen LogP contribution in [-0.4, -0.2) is 46.3 Å². The van der Waals surface area contributed by atoms with Crippen LogP contribution in [0.2, 0.25) is 5.02 Å². The lowest BCUT2D eigenvalue weighted by Gasteiger charge is -2.17. The lowest BCUT2D eigenvalue weighted by Crippen LogP contribution is -2.27. The summed E-state index contributed by atoms with van der Waals surface area (Å²) in [6.45, 7) is 2.76. The summed E-state index contributed by atoms with van der Waals surface area (Å²) in [5.74, 6) is 3.09. The largest absolute Gasteiger partial charge is 0.497 e. The fourth-order valence-electron chi connectivity index (χ4n) is 4.14. The molecule has 0 bridgehead atoms. The van der Waals surface area contributed by atoms with Crippen LogP contribution in [0.1, 0.15) is 29.2 Å². The van der Waals surface area contributed by atoms with Crippen molar-refractivity contribution in [2.75, 3.05) is 34.5 Å². The van der Waals surface area contributed by atoms with E-state index in [4.69, 9.17) is 44.9 Å². The molecule has 0 aliphatic rings. The van der Waals surface area contributed by atoms with Crippen LogP contribution < -0.4 is 29.0 Å². The van der Waals surface area contributed by atoms with Crippen LogP contribution in [-0.2, 0) is 29.4 Å². The Kier molecular flexibility index (Phi) is 12.8. The normalized spacial score (nSPS) is 10.9. The maximum atomic E-state index is 12.0. The third kappa shape index (κ3) is 9.97. The molecule has 0 fully saturated rings. The summed E-state index contributed by atoms with van der Waals surface area (Å²) in [5.41, 5.74) is 3.84. The van der Waals surface area contributed by atoms with E-state index in [1.165, 1.54) is 0 Å². The van der Waals surface area contributed by atoms with Crippen LogP contribution >= 0.6 is 11.6 Å². The number of carbonyl (C=O) groups is 1. The average molecular weight is 649 g/mol. The van der Waals surface area contributed by atoms with Crippen LogP contribution in [0.25, 0.3) is 0 Å². The zero-order valence-corrected chi connectivity index (χ0v) is 27.0. The van der Waals surface area contributed by atoms with Gasteiger partial charge < -0.3 is 38.6 Å². The van der Waals surface area contributed by atoms with Crippen molar-refractivity contribution in [2.24, 2.45) is 5.16 Å². The molecule has 0 atom stereocenters. The van der Waals surface area contributed by atoms with E-state index in [1.54, 1.807) is 52.5 Å². The van der Waals surface area contributed by atoms with Crippen molar-refractivity contribution in [1.29, 1.82) is 0 Å². The summed E-state index contributed by atoms with van der Waals surface area (Å²) < 4.78 is 33.2. The van der Waals surface area contributed by atoms with Gasteiger partial charge in [-0.25, -0.2) is 4.79 Å². The van der Waals surface area contributed by atoms with Gasteiger partial charge in [0, 0.05) is 5.56 Å². The number of ether oxygens (including phenoxy) is 6. The van der Waals surface area contributed by atoms with Crippen LogP contribution in [0.4, 0.5) is 4.79 Å². The van der Waals surface area contributed by atoms with Crippen LogP contribution in [0.3, 0.4) is 0 Å². The van der Waals surface area contributed by atoms with Gasteiger partial charge in [0.05, 0.1) is 38.6 Å². The quantitative estimate of drug-likeness (QED) is 0.0773. The molecule has 0 saturated carbocycles. The van der Waals surface area contributed by atoms with E-state index in [9.17, 15) is 4.79 Å². The highest BCUT2D eigenvalue weighted by Crippen LogP contribution is 2.39. The molecule has 0 aliphatic carbocycles. The molecule has 1 amide bonds. The first-order valence-corrected chi connectivity index (χ1v) is 14.8. The van der Waals surface area contributed by atoms with Gasteiger partial charge in [0.25, 0.3) is 0 Å². The molecule has 0 spiro atoms. The number of hydrogen-bond acceptors (Lipinski definition) is 9. The predicted octanol–water partition coefficient (Wildman–Crippen LogP) is 7.19. The molecule has 10 nitrogen and oxygen atoms in total. The molecule has 4 aromatic rings. The molecule has 0 unspecified atom stereocenters. The Hall–Kier alpha value is -5.09. The first-order chi connectivity index (χ1) is 22.4. The first-order valence-electron chi connectivity index (χ1n) is 14.4. The van der Waals surface area contributed by atoms with Gasteiger partial charge in [-0.3, -0.25) is 0 Å². The van der Waals surface area contributed by atoms with Crippen molar-refractivity contribution in [3.63, 3.8) is 0 Å². The van der Waals surface area contributed by atoms with Crippen LogP contribution in [0.15, 0.2) is 90.1 Å². The third-order valence-electron chi connectivity index (χ3n) is 6.74. The highest BCUT2D eigenvalue weighted by molar-refractivity contribution is 6.35. The summed E-state index contributed by atoms with van der Waals surface area (Å²) in [7, 11) is 4.83. The van der Waals surface area contributed by atoms with Crippen molar-refractivity contribution in [3.8, 4) is 28.7 Å². The summed E-state index contributed by atoms with van der Waals surface area (Å²) >= 11 is 6.87. The van der Waals surface area contributed by atoms with Crippen molar-refractivity contribution >= 4 is 23.4 Å². The number of methoxy groups -OCH3 is 3. The molecule has 0 radical (unpaired) electrons. The van der Waals surface area contributed by atoms with Crippen LogP contribution in [0, 0.1) is 0 Å². The molecule has 1 N–H and O–H groups in total. The summed E-state index contributed by atoms with van der Waals surface area (Å²) in [4.78, 5) is 17.5. The third-order valence-corrected chi connectivity index (χ3v) is 7.11. The van der Waals surface area contributed by atoms with Gasteiger partial charge in [0.2, 0.25) is 0 Å². The SMILES string of the molecule is COc1ccc(COC(=O)NCCO/N=C(/C)c2ccc(OCc3ccc(OC)cc3)c(OCc3ccc(OC)cc3)c2Cl)cc1. The molecule has 0 aliphatic heterocycles. The Morgan fingerprint density at radius 2 is 1.20 bits per heavy atom. The van der Waals surface area contributed by atoms with Crippen molar-refractivity contribution < 1.29 is 38.1 Å². The smallest absolute Gasteiger partial charge is 0.407 e. The molecule has 11 heteroatoms. The van der Waals surface area contributed by atoms with Crippen molar-refractivity contribution in [3.05, 3.63) is 112 Å². The van der Waals surface area contributed by atoms with E-state index < -0.39 is 6.09 Å².